The van der Waals surface area contributed by atoms with Gasteiger partial charge < -0.3 is 15.2 Å². The number of nitrogens with zero attached hydrogens (tertiary/aromatic N) is 2. The maximum Gasteiger partial charge on any atom is 0.411 e. The summed E-state index contributed by atoms with van der Waals surface area (Å²) in [5, 5.41) is 23.5. The molecule has 4 aromatic rings. The molecule has 1 aliphatic heterocycles. The molecule has 0 saturated carbocycles. The summed E-state index contributed by atoms with van der Waals surface area (Å²) in [5.41, 5.74) is 0.849. The van der Waals surface area contributed by atoms with E-state index in [9.17, 15) is 14.7 Å². The fourth-order valence-corrected chi connectivity index (χ4v) is 4.14. The Kier molecular flexibility index (Phi) is 4.21. The first-order valence-corrected chi connectivity index (χ1v) is 9.68. The van der Waals surface area contributed by atoms with Gasteiger partial charge in [0.1, 0.15) is 0 Å². The number of carboxylic acid groups (broad SMARTS) is 1. The van der Waals surface area contributed by atoms with E-state index in [-0.39, 0.29) is 11.9 Å². The average Bonchev–Trinajstić information content (AvgIpc) is 3.24. The van der Waals surface area contributed by atoms with Crippen LogP contribution in [0.25, 0.3) is 11.0 Å². The number of aliphatic hydroxyl groups is 1. The number of carbonyl (C=O) groups excluding carboxylic acids is 1. The van der Waals surface area contributed by atoms with Crippen molar-refractivity contribution in [2.75, 3.05) is 10.2 Å². The van der Waals surface area contributed by atoms with Crippen LogP contribution in [0, 0.1) is 0 Å². The number of fused-ring (bicyclic) bond motifs is 2. The van der Waals surface area contributed by atoms with Crippen LogP contribution in [0.15, 0.2) is 66.7 Å². The lowest BCUT2D eigenvalue weighted by Crippen LogP contribution is -2.45. The van der Waals surface area contributed by atoms with Gasteiger partial charge in [0.05, 0.1) is 11.0 Å². The number of imidazole rings is 1. The summed E-state index contributed by atoms with van der Waals surface area (Å²) in [5.74, 6) is -0.306. The molecule has 8 nitrogen and oxygen atoms in total. The first kappa shape index (κ1) is 19.1. The lowest BCUT2D eigenvalue weighted by Gasteiger charge is -2.35. The van der Waals surface area contributed by atoms with Gasteiger partial charge >= 0.3 is 6.09 Å². The Balaban J connectivity index is 1.72. The van der Waals surface area contributed by atoms with Crippen molar-refractivity contribution < 1.29 is 19.8 Å². The molecule has 0 aliphatic carbocycles. The number of carbonyl (C=O) groups is 2. The van der Waals surface area contributed by atoms with Crippen molar-refractivity contribution in [3.8, 4) is 0 Å². The number of rotatable bonds is 3. The highest BCUT2D eigenvalue weighted by Gasteiger charge is 2.50. The van der Waals surface area contributed by atoms with Crippen LogP contribution in [0.4, 0.5) is 16.4 Å². The molecule has 4 N–H and O–H groups in total. The summed E-state index contributed by atoms with van der Waals surface area (Å²) in [6.45, 7) is 0. The van der Waals surface area contributed by atoms with Gasteiger partial charge in [-0.15, -0.1) is 0 Å². The second kappa shape index (κ2) is 6.83. The van der Waals surface area contributed by atoms with Gasteiger partial charge in [-0.3, -0.25) is 15.0 Å². The van der Waals surface area contributed by atoms with Crippen LogP contribution < -0.4 is 10.2 Å². The predicted molar refractivity (Wildman–Crippen MR) is 115 cm³/mol. The van der Waals surface area contributed by atoms with Crippen molar-refractivity contribution in [1.82, 2.24) is 9.97 Å². The van der Waals surface area contributed by atoms with E-state index < -0.39 is 11.8 Å². The van der Waals surface area contributed by atoms with Crippen molar-refractivity contribution in [3.05, 3.63) is 88.4 Å². The van der Waals surface area contributed by atoms with Gasteiger partial charge in [-0.1, -0.05) is 41.9 Å². The number of hydrogen-bond donors (Lipinski definition) is 4. The molecule has 0 radical (unpaired) electrons. The number of hydrogen-bond acceptors (Lipinski definition) is 4. The van der Waals surface area contributed by atoms with E-state index in [4.69, 9.17) is 16.7 Å². The molecule has 1 aliphatic rings. The van der Waals surface area contributed by atoms with Gasteiger partial charge in [-0.05, 0) is 36.4 Å². The molecule has 0 fully saturated rings. The predicted octanol–water partition coefficient (Wildman–Crippen LogP) is 4.16. The highest BCUT2D eigenvalue weighted by Crippen LogP contribution is 2.45. The van der Waals surface area contributed by atoms with Crippen LogP contribution in [-0.4, -0.2) is 32.2 Å². The highest BCUT2D eigenvalue weighted by atomic mass is 35.5. The van der Waals surface area contributed by atoms with E-state index >= 15 is 0 Å². The Hall–Kier alpha value is -3.88. The molecule has 154 valence electrons. The minimum Gasteiger partial charge on any atom is -0.465 e. The largest absolute Gasteiger partial charge is 0.465 e. The van der Waals surface area contributed by atoms with E-state index in [1.807, 2.05) is 0 Å². The normalized spacial score (nSPS) is 17.7. The van der Waals surface area contributed by atoms with Gasteiger partial charge in [0.15, 0.2) is 5.72 Å². The van der Waals surface area contributed by atoms with Gasteiger partial charge in [0.25, 0.3) is 5.91 Å². The molecular weight excluding hydrogens is 420 g/mol. The zero-order valence-electron chi connectivity index (χ0n) is 15.8. The lowest BCUT2D eigenvalue weighted by atomic mass is 9.93. The van der Waals surface area contributed by atoms with Gasteiger partial charge in [0.2, 0.25) is 5.95 Å². The quantitative estimate of drug-likeness (QED) is 0.386. The fraction of sp³-hybridized carbons (Fsp3) is 0.0455. The number of aromatic nitrogens is 2. The molecule has 3 aromatic carbocycles. The van der Waals surface area contributed by atoms with E-state index in [1.54, 1.807) is 66.7 Å². The number of halogens is 1. The molecule has 1 atom stereocenters. The number of nitrogens with one attached hydrogen (secondary N) is 2. The molecule has 5 rings (SSSR count). The molecule has 0 bridgehead atoms. The molecule has 9 heteroatoms. The second-order valence-corrected chi connectivity index (χ2v) is 7.52. The topological polar surface area (TPSA) is 119 Å². The SMILES string of the molecule is O=C(O)Nc1nc2ccc(C3(O)c4ccccc4C(=O)N3c3cccc(Cl)c3)cc2[nH]1. The Morgan fingerprint density at radius 3 is 2.68 bits per heavy atom. The average molecular weight is 435 g/mol. The summed E-state index contributed by atoms with van der Waals surface area (Å²) in [6.07, 6.45) is -1.25. The second-order valence-electron chi connectivity index (χ2n) is 7.09. The summed E-state index contributed by atoms with van der Waals surface area (Å²) in [4.78, 5) is 32.6. The Bertz CT molecular complexity index is 1370. The van der Waals surface area contributed by atoms with Gasteiger partial charge in [0, 0.05) is 27.4 Å². The molecule has 2 amide bonds. The van der Waals surface area contributed by atoms with E-state index in [0.717, 1.165) is 0 Å². The van der Waals surface area contributed by atoms with Gasteiger partial charge in [-0.25, -0.2) is 9.78 Å². The zero-order valence-corrected chi connectivity index (χ0v) is 16.6. The molecule has 31 heavy (non-hydrogen) atoms. The Labute approximate surface area is 180 Å². The minimum atomic E-state index is -1.81. The van der Waals surface area contributed by atoms with E-state index in [2.05, 4.69) is 15.3 Å². The van der Waals surface area contributed by atoms with Crippen LogP contribution in [0.1, 0.15) is 21.5 Å². The number of aromatic amines is 1. The van der Waals surface area contributed by atoms with E-state index in [0.29, 0.717) is 38.4 Å². The number of anilines is 2. The minimum absolute atomic E-state index is 0.0567. The number of benzene rings is 3. The third kappa shape index (κ3) is 2.92. The standard InChI is InChI=1S/C22H15ClN4O4/c23-13-4-3-5-14(11-13)27-19(28)15-6-1-2-7-16(15)22(27,31)12-8-9-17-18(10-12)25-20(24-17)26-21(29)30/h1-11,31H,(H,29,30)(H2,24,25,26). The molecular formula is C22H15ClN4O4. The smallest absolute Gasteiger partial charge is 0.411 e. The Morgan fingerprint density at radius 1 is 1.10 bits per heavy atom. The fourth-order valence-electron chi connectivity index (χ4n) is 3.95. The molecule has 2 heterocycles. The summed E-state index contributed by atoms with van der Waals surface area (Å²) < 4.78 is 0. The van der Waals surface area contributed by atoms with Crippen molar-refractivity contribution in [2.24, 2.45) is 0 Å². The molecule has 1 unspecified atom stereocenters. The van der Waals surface area contributed by atoms with E-state index in [1.165, 1.54) is 4.90 Å². The van der Waals surface area contributed by atoms with Crippen LogP contribution in [-0.2, 0) is 5.72 Å². The lowest BCUT2D eigenvalue weighted by molar-refractivity contribution is 0.0704. The summed E-state index contributed by atoms with van der Waals surface area (Å²) in [7, 11) is 0. The molecule has 1 aromatic heterocycles. The van der Waals surface area contributed by atoms with Crippen LogP contribution in [0.2, 0.25) is 5.02 Å². The third-order valence-electron chi connectivity index (χ3n) is 5.24. The van der Waals surface area contributed by atoms with Crippen LogP contribution >= 0.6 is 11.6 Å². The van der Waals surface area contributed by atoms with Crippen LogP contribution in [0.5, 0.6) is 0 Å². The zero-order chi connectivity index (χ0) is 21.8. The molecule has 0 saturated heterocycles. The number of H-pyrrole nitrogens is 1. The third-order valence-corrected chi connectivity index (χ3v) is 5.47. The van der Waals surface area contributed by atoms with Crippen molar-refractivity contribution in [2.45, 2.75) is 5.72 Å². The first-order chi connectivity index (χ1) is 14.9. The maximum atomic E-state index is 13.3. The van der Waals surface area contributed by atoms with Crippen molar-refractivity contribution in [3.63, 3.8) is 0 Å². The molecule has 0 spiro atoms. The number of amides is 2. The maximum absolute atomic E-state index is 13.3. The monoisotopic (exact) mass is 434 g/mol. The van der Waals surface area contributed by atoms with Gasteiger partial charge in [-0.2, -0.15) is 0 Å². The van der Waals surface area contributed by atoms with Crippen molar-refractivity contribution in [1.29, 1.82) is 0 Å². The Morgan fingerprint density at radius 2 is 1.90 bits per heavy atom. The van der Waals surface area contributed by atoms with Crippen molar-refractivity contribution >= 4 is 46.3 Å². The summed E-state index contributed by atoms with van der Waals surface area (Å²) >= 11 is 6.16. The van der Waals surface area contributed by atoms with Crippen LogP contribution in [0.3, 0.4) is 0 Å². The summed E-state index contributed by atoms with van der Waals surface area (Å²) in [6, 6.07) is 18.5. The first-order valence-electron chi connectivity index (χ1n) is 9.30. The highest BCUT2D eigenvalue weighted by molar-refractivity contribution is 6.31.